The fourth-order valence-electron chi connectivity index (χ4n) is 2.06. The summed E-state index contributed by atoms with van der Waals surface area (Å²) < 4.78 is 9.55. The lowest BCUT2D eigenvalue weighted by molar-refractivity contribution is -0.143. The van der Waals surface area contributed by atoms with Crippen molar-refractivity contribution >= 4 is 17.7 Å². The Hall–Kier alpha value is -2.51. The van der Waals surface area contributed by atoms with Gasteiger partial charge in [-0.1, -0.05) is 0 Å². The molecule has 0 aromatic carbocycles. The first-order valence-electron chi connectivity index (χ1n) is 6.78. The maximum Gasteiger partial charge on any atom is 0.342 e. The minimum Gasteiger partial charge on any atom is -0.464 e. The van der Waals surface area contributed by atoms with Crippen molar-refractivity contribution in [1.82, 2.24) is 4.98 Å². The van der Waals surface area contributed by atoms with Crippen molar-refractivity contribution in [3.05, 3.63) is 27.4 Å². The van der Waals surface area contributed by atoms with Crippen molar-refractivity contribution in [2.24, 2.45) is 5.18 Å². The summed E-state index contributed by atoms with van der Waals surface area (Å²) in [5.74, 6) is -2.45. The van der Waals surface area contributed by atoms with Crippen molar-refractivity contribution in [2.75, 3.05) is 13.2 Å². The number of hydrogen-bond acceptors (Lipinski definition) is 7. The van der Waals surface area contributed by atoms with Gasteiger partial charge in [0.15, 0.2) is 0 Å². The standard InChI is InChI=1S/C14H18N2O6/c1-5-21-13(18)9-7(3)10(15-8(9)4)12(17)11(16-20)14(19)22-6-2/h11,15H,5-6H2,1-4H3/t11-/m1/s1. The molecule has 0 unspecified atom stereocenters. The van der Waals surface area contributed by atoms with Gasteiger partial charge in [0.25, 0.3) is 6.04 Å². The highest BCUT2D eigenvalue weighted by Gasteiger charge is 2.34. The van der Waals surface area contributed by atoms with Gasteiger partial charge in [-0.15, -0.1) is 4.91 Å². The molecule has 8 heteroatoms. The molecule has 8 nitrogen and oxygen atoms in total. The summed E-state index contributed by atoms with van der Waals surface area (Å²) in [5.41, 5.74) is 0.892. The highest BCUT2D eigenvalue weighted by Crippen LogP contribution is 2.21. The number of carbonyl (C=O) groups excluding carboxylic acids is 3. The first-order chi connectivity index (χ1) is 10.4. The Morgan fingerprint density at radius 2 is 1.73 bits per heavy atom. The fourth-order valence-corrected chi connectivity index (χ4v) is 2.06. The predicted octanol–water partition coefficient (Wildman–Crippen LogP) is 1.69. The van der Waals surface area contributed by atoms with E-state index in [1.54, 1.807) is 20.8 Å². The summed E-state index contributed by atoms with van der Waals surface area (Å²) >= 11 is 0. The number of aromatic nitrogens is 1. The number of aryl methyl sites for hydroxylation is 1. The van der Waals surface area contributed by atoms with Gasteiger partial charge in [0.1, 0.15) is 0 Å². The maximum absolute atomic E-state index is 12.3. The maximum atomic E-state index is 12.3. The molecule has 1 rings (SSSR count). The van der Waals surface area contributed by atoms with Crippen molar-refractivity contribution in [3.8, 4) is 0 Å². The van der Waals surface area contributed by atoms with Gasteiger partial charge in [0.05, 0.1) is 24.5 Å². The first kappa shape index (κ1) is 17.5. The highest BCUT2D eigenvalue weighted by atomic mass is 16.5. The van der Waals surface area contributed by atoms with Gasteiger partial charge in [-0.25, -0.2) is 9.59 Å². The molecule has 0 saturated heterocycles. The summed E-state index contributed by atoms with van der Waals surface area (Å²) in [4.78, 5) is 49.2. The van der Waals surface area contributed by atoms with Gasteiger partial charge >= 0.3 is 11.9 Å². The lowest BCUT2D eigenvalue weighted by atomic mass is 10.0. The minimum atomic E-state index is -1.80. The van der Waals surface area contributed by atoms with E-state index in [4.69, 9.17) is 4.74 Å². The fraction of sp³-hybridized carbons (Fsp3) is 0.500. The molecule has 0 aliphatic rings. The zero-order valence-electron chi connectivity index (χ0n) is 12.9. The number of nitroso groups, excluding NO2 is 1. The van der Waals surface area contributed by atoms with Gasteiger partial charge < -0.3 is 14.5 Å². The average molecular weight is 310 g/mol. The molecule has 0 aliphatic carbocycles. The summed E-state index contributed by atoms with van der Waals surface area (Å²) in [5, 5.41) is 2.53. The zero-order valence-corrected chi connectivity index (χ0v) is 12.9. The normalized spacial score (nSPS) is 11.6. The zero-order chi connectivity index (χ0) is 16.9. The van der Waals surface area contributed by atoms with Crippen LogP contribution in [0.5, 0.6) is 0 Å². The average Bonchev–Trinajstić information content (AvgIpc) is 2.75. The largest absolute Gasteiger partial charge is 0.464 e. The third kappa shape index (κ3) is 3.38. The number of H-pyrrole nitrogens is 1. The Labute approximate surface area is 127 Å². The third-order valence-electron chi connectivity index (χ3n) is 3.03. The summed E-state index contributed by atoms with van der Waals surface area (Å²) in [7, 11) is 0. The second-order valence-electron chi connectivity index (χ2n) is 4.47. The molecule has 22 heavy (non-hydrogen) atoms. The quantitative estimate of drug-likeness (QED) is 0.354. The van der Waals surface area contributed by atoms with Crippen LogP contribution in [0.4, 0.5) is 0 Å². The van der Waals surface area contributed by atoms with Crippen LogP contribution in [0.1, 0.15) is 46.0 Å². The SMILES string of the molecule is CCOC(=O)c1c(C)[nH]c(C(=O)[C@@H](N=O)C(=O)OCC)c1C. The molecule has 0 radical (unpaired) electrons. The monoisotopic (exact) mass is 310 g/mol. The number of nitrogens with zero attached hydrogens (tertiary/aromatic N) is 1. The minimum absolute atomic E-state index is 0.0228. The number of rotatable bonds is 7. The van der Waals surface area contributed by atoms with Crippen LogP contribution in [-0.4, -0.2) is 42.0 Å². The summed E-state index contributed by atoms with van der Waals surface area (Å²) in [6.07, 6.45) is 0. The Bertz CT molecular complexity index is 605. The molecule has 0 spiro atoms. The second-order valence-corrected chi connectivity index (χ2v) is 4.47. The van der Waals surface area contributed by atoms with E-state index in [0.717, 1.165) is 0 Å². The van der Waals surface area contributed by atoms with Gasteiger partial charge in [0, 0.05) is 5.69 Å². The number of ketones is 1. The van der Waals surface area contributed by atoms with Crippen molar-refractivity contribution in [1.29, 1.82) is 0 Å². The van der Waals surface area contributed by atoms with Crippen LogP contribution in [0.15, 0.2) is 5.18 Å². The number of ether oxygens (including phenoxy) is 2. The van der Waals surface area contributed by atoms with Crippen LogP contribution in [0.2, 0.25) is 0 Å². The van der Waals surface area contributed by atoms with Crippen molar-refractivity contribution < 1.29 is 23.9 Å². The van der Waals surface area contributed by atoms with E-state index in [0.29, 0.717) is 11.3 Å². The number of esters is 2. The Balaban J connectivity index is 3.19. The summed E-state index contributed by atoms with van der Waals surface area (Å²) in [6.45, 7) is 6.53. The molecule has 0 aliphatic heterocycles. The molecule has 1 aromatic heterocycles. The van der Waals surface area contributed by atoms with Gasteiger partial charge in [-0.3, -0.25) is 4.79 Å². The van der Waals surface area contributed by atoms with E-state index >= 15 is 0 Å². The Kier molecular flexibility index (Phi) is 5.97. The molecular weight excluding hydrogens is 292 g/mol. The highest BCUT2D eigenvalue weighted by molar-refractivity contribution is 6.13. The van der Waals surface area contributed by atoms with Gasteiger partial charge in [-0.05, 0) is 38.4 Å². The van der Waals surface area contributed by atoms with E-state index in [9.17, 15) is 19.3 Å². The van der Waals surface area contributed by atoms with Crippen molar-refractivity contribution in [2.45, 2.75) is 33.7 Å². The molecule has 1 atom stereocenters. The molecule has 1 heterocycles. The molecule has 1 N–H and O–H groups in total. The molecular formula is C14H18N2O6. The molecule has 0 fully saturated rings. The van der Waals surface area contributed by atoms with Crippen LogP contribution in [0.25, 0.3) is 0 Å². The lowest BCUT2D eigenvalue weighted by Crippen LogP contribution is -2.30. The Morgan fingerprint density at radius 3 is 2.23 bits per heavy atom. The predicted molar refractivity (Wildman–Crippen MR) is 76.8 cm³/mol. The van der Waals surface area contributed by atoms with Gasteiger partial charge in [-0.2, -0.15) is 0 Å². The number of Topliss-reactive ketones (excluding diaryl/α,β-unsaturated/α-hetero) is 1. The smallest absolute Gasteiger partial charge is 0.342 e. The molecule has 0 amide bonds. The molecule has 0 bridgehead atoms. The summed E-state index contributed by atoms with van der Waals surface area (Å²) in [6, 6.07) is -1.80. The molecule has 1 aromatic rings. The second kappa shape index (κ2) is 7.48. The molecule has 0 saturated carbocycles. The topological polar surface area (TPSA) is 115 Å². The third-order valence-corrected chi connectivity index (χ3v) is 3.03. The van der Waals surface area contributed by atoms with Crippen LogP contribution >= 0.6 is 0 Å². The van der Waals surface area contributed by atoms with Crippen LogP contribution in [-0.2, 0) is 14.3 Å². The number of carbonyl (C=O) groups is 3. The first-order valence-corrected chi connectivity index (χ1v) is 6.78. The van der Waals surface area contributed by atoms with E-state index in [1.165, 1.54) is 6.92 Å². The van der Waals surface area contributed by atoms with Crippen LogP contribution in [0.3, 0.4) is 0 Å². The van der Waals surface area contributed by atoms with Crippen LogP contribution in [0, 0.1) is 18.8 Å². The number of aromatic amines is 1. The van der Waals surface area contributed by atoms with Crippen molar-refractivity contribution in [3.63, 3.8) is 0 Å². The van der Waals surface area contributed by atoms with E-state index in [1.807, 2.05) is 0 Å². The lowest BCUT2D eigenvalue weighted by Gasteiger charge is -2.07. The Morgan fingerprint density at radius 1 is 1.14 bits per heavy atom. The number of hydrogen-bond donors (Lipinski definition) is 1. The van der Waals surface area contributed by atoms with E-state index in [2.05, 4.69) is 14.9 Å². The van der Waals surface area contributed by atoms with Gasteiger partial charge in [0.2, 0.25) is 5.78 Å². The number of nitrogens with one attached hydrogen (secondary N) is 1. The van der Waals surface area contributed by atoms with Crippen LogP contribution < -0.4 is 0 Å². The van der Waals surface area contributed by atoms with E-state index < -0.39 is 23.8 Å². The molecule has 120 valence electrons. The van der Waals surface area contributed by atoms with E-state index in [-0.39, 0.29) is 24.5 Å².